The maximum absolute atomic E-state index is 10.9. The fourth-order valence-electron chi connectivity index (χ4n) is 2.28. The van der Waals surface area contributed by atoms with Crippen molar-refractivity contribution >= 4 is 35.6 Å². The molecule has 0 saturated carbocycles. The average molecular weight is 336 g/mol. The zero-order valence-corrected chi connectivity index (χ0v) is 13.4. The van der Waals surface area contributed by atoms with Crippen molar-refractivity contribution in [2.24, 2.45) is 4.99 Å². The first-order valence-electron chi connectivity index (χ1n) is 7.28. The molecule has 1 heterocycles. The minimum absolute atomic E-state index is 0.305. The highest BCUT2D eigenvalue weighted by Crippen LogP contribution is 2.35. The van der Waals surface area contributed by atoms with Crippen LogP contribution in [-0.4, -0.2) is 17.5 Å². The number of nitrogens with zero attached hydrogens (tertiary/aromatic N) is 2. The number of hydrogen-bond acceptors (Lipinski definition) is 4. The van der Waals surface area contributed by atoms with E-state index >= 15 is 0 Å². The van der Waals surface area contributed by atoms with Gasteiger partial charge in [-0.1, -0.05) is 54.1 Å². The quantitative estimate of drug-likeness (QED) is 0.562. The van der Waals surface area contributed by atoms with Crippen molar-refractivity contribution in [1.82, 2.24) is 4.98 Å². The molecule has 2 N–H and O–H groups in total. The van der Waals surface area contributed by atoms with Gasteiger partial charge in [-0.05, 0) is 17.7 Å². The van der Waals surface area contributed by atoms with Crippen molar-refractivity contribution in [3.8, 4) is 11.1 Å². The zero-order valence-electron chi connectivity index (χ0n) is 12.7. The third kappa shape index (κ3) is 3.34. The smallest absolute Gasteiger partial charge is 0.151 e. The second kappa shape index (κ2) is 7.06. The number of pyridine rings is 1. The standard InChI is InChI=1S/C19H14ClN3O/c20-18-16(14-5-2-1-3-6-14)7-4-8-17(18)22-11-15-9-13(12-24)10-23-19(15)21/h1-12H,(H2,21,23). The van der Waals surface area contributed by atoms with E-state index in [1.165, 1.54) is 6.20 Å². The van der Waals surface area contributed by atoms with Crippen molar-refractivity contribution in [2.75, 3.05) is 5.73 Å². The number of benzene rings is 2. The highest BCUT2D eigenvalue weighted by atomic mass is 35.5. The molecular formula is C19H14ClN3O. The molecule has 0 fully saturated rings. The molecule has 0 aliphatic rings. The van der Waals surface area contributed by atoms with Gasteiger partial charge < -0.3 is 5.73 Å². The van der Waals surface area contributed by atoms with E-state index in [-0.39, 0.29) is 0 Å². The molecule has 3 aromatic rings. The maximum atomic E-state index is 10.9. The van der Waals surface area contributed by atoms with Gasteiger partial charge in [-0.15, -0.1) is 0 Å². The van der Waals surface area contributed by atoms with E-state index < -0.39 is 0 Å². The van der Waals surface area contributed by atoms with Crippen LogP contribution in [0.5, 0.6) is 0 Å². The summed E-state index contributed by atoms with van der Waals surface area (Å²) in [6.07, 6.45) is 3.70. The molecule has 0 bridgehead atoms. The first-order chi connectivity index (χ1) is 11.7. The normalized spacial score (nSPS) is 10.9. The van der Waals surface area contributed by atoms with Crippen molar-refractivity contribution in [3.05, 3.63) is 76.9 Å². The van der Waals surface area contributed by atoms with E-state index in [9.17, 15) is 4.79 Å². The monoisotopic (exact) mass is 335 g/mol. The summed E-state index contributed by atoms with van der Waals surface area (Å²) >= 11 is 6.49. The lowest BCUT2D eigenvalue weighted by atomic mass is 10.1. The average Bonchev–Trinajstić information content (AvgIpc) is 2.63. The number of nitrogens with two attached hydrogens (primary N) is 1. The van der Waals surface area contributed by atoms with E-state index in [4.69, 9.17) is 17.3 Å². The summed E-state index contributed by atoms with van der Waals surface area (Å²) in [4.78, 5) is 19.2. The molecule has 4 nitrogen and oxygen atoms in total. The number of aromatic nitrogens is 1. The number of rotatable bonds is 4. The molecule has 1 aromatic heterocycles. The van der Waals surface area contributed by atoms with Gasteiger partial charge in [0.25, 0.3) is 0 Å². The molecule has 0 spiro atoms. The van der Waals surface area contributed by atoms with Gasteiger partial charge in [-0.3, -0.25) is 9.79 Å². The number of aldehydes is 1. The second-order valence-corrected chi connectivity index (χ2v) is 5.50. The molecule has 2 aromatic carbocycles. The molecule has 5 heteroatoms. The predicted octanol–water partition coefficient (Wildman–Crippen LogP) is 4.55. The number of anilines is 1. The van der Waals surface area contributed by atoms with Crippen LogP contribution in [0.15, 0.2) is 65.8 Å². The summed E-state index contributed by atoms with van der Waals surface area (Å²) in [5, 5.41) is 0.554. The zero-order chi connectivity index (χ0) is 16.9. The highest BCUT2D eigenvalue weighted by molar-refractivity contribution is 6.35. The molecule has 0 radical (unpaired) electrons. The summed E-state index contributed by atoms with van der Waals surface area (Å²) in [6, 6.07) is 17.1. The van der Waals surface area contributed by atoms with Crippen LogP contribution in [0.25, 0.3) is 11.1 Å². The van der Waals surface area contributed by atoms with Gasteiger partial charge in [-0.2, -0.15) is 0 Å². The van der Waals surface area contributed by atoms with E-state index in [0.29, 0.717) is 33.9 Å². The number of aliphatic imine (C=N–C) groups is 1. The van der Waals surface area contributed by atoms with E-state index in [0.717, 1.165) is 11.1 Å². The van der Waals surface area contributed by atoms with Gasteiger partial charge in [0, 0.05) is 29.1 Å². The lowest BCUT2D eigenvalue weighted by Gasteiger charge is -2.07. The Hall–Kier alpha value is -2.98. The molecule has 0 unspecified atom stereocenters. The van der Waals surface area contributed by atoms with Crippen LogP contribution in [0.3, 0.4) is 0 Å². The summed E-state index contributed by atoms with van der Waals surface area (Å²) in [5.74, 6) is 0.305. The topological polar surface area (TPSA) is 68.3 Å². The van der Waals surface area contributed by atoms with Crippen LogP contribution in [0.4, 0.5) is 11.5 Å². The summed E-state index contributed by atoms with van der Waals surface area (Å²) in [5.41, 5.74) is 9.36. The fraction of sp³-hybridized carbons (Fsp3) is 0. The maximum Gasteiger partial charge on any atom is 0.151 e. The van der Waals surface area contributed by atoms with Crippen molar-refractivity contribution in [2.45, 2.75) is 0 Å². The SMILES string of the molecule is Nc1ncc(C=O)cc1C=Nc1cccc(-c2ccccc2)c1Cl. The molecule has 0 saturated heterocycles. The van der Waals surface area contributed by atoms with E-state index in [1.807, 2.05) is 48.5 Å². The van der Waals surface area contributed by atoms with Crippen molar-refractivity contribution in [3.63, 3.8) is 0 Å². The Balaban J connectivity index is 1.98. The van der Waals surface area contributed by atoms with Crippen LogP contribution in [-0.2, 0) is 0 Å². The molecule has 0 amide bonds. The molecule has 0 aliphatic carbocycles. The van der Waals surface area contributed by atoms with E-state index in [1.54, 1.807) is 12.3 Å². The molecule has 0 atom stereocenters. The van der Waals surface area contributed by atoms with Gasteiger partial charge in [0.2, 0.25) is 0 Å². The van der Waals surface area contributed by atoms with Crippen LogP contribution < -0.4 is 5.73 Å². The van der Waals surface area contributed by atoms with Crippen molar-refractivity contribution in [1.29, 1.82) is 0 Å². The van der Waals surface area contributed by atoms with Crippen LogP contribution in [0.1, 0.15) is 15.9 Å². The van der Waals surface area contributed by atoms with Crippen LogP contribution in [0, 0.1) is 0 Å². The lowest BCUT2D eigenvalue weighted by Crippen LogP contribution is -1.98. The Bertz CT molecular complexity index is 908. The summed E-state index contributed by atoms with van der Waals surface area (Å²) in [6.45, 7) is 0. The Morgan fingerprint density at radius 2 is 1.88 bits per heavy atom. The van der Waals surface area contributed by atoms with Gasteiger partial charge in [0.05, 0.1) is 10.7 Å². The number of carbonyl (C=O) groups is 1. The van der Waals surface area contributed by atoms with Gasteiger partial charge in [0.15, 0.2) is 6.29 Å². The Kier molecular flexibility index (Phi) is 4.68. The largest absolute Gasteiger partial charge is 0.383 e. The number of carbonyl (C=O) groups excluding carboxylic acids is 1. The minimum Gasteiger partial charge on any atom is -0.383 e. The highest BCUT2D eigenvalue weighted by Gasteiger charge is 2.07. The number of hydrogen-bond donors (Lipinski definition) is 1. The van der Waals surface area contributed by atoms with Crippen LogP contribution in [0.2, 0.25) is 5.02 Å². The molecule has 3 rings (SSSR count). The fourth-order valence-corrected chi connectivity index (χ4v) is 2.56. The second-order valence-electron chi connectivity index (χ2n) is 5.12. The third-order valence-corrected chi connectivity index (χ3v) is 3.91. The van der Waals surface area contributed by atoms with Gasteiger partial charge in [0.1, 0.15) is 5.82 Å². The van der Waals surface area contributed by atoms with Crippen molar-refractivity contribution < 1.29 is 4.79 Å². The lowest BCUT2D eigenvalue weighted by molar-refractivity contribution is 0.112. The van der Waals surface area contributed by atoms with Gasteiger partial charge >= 0.3 is 0 Å². The predicted molar refractivity (Wildman–Crippen MR) is 98.2 cm³/mol. The van der Waals surface area contributed by atoms with E-state index in [2.05, 4.69) is 9.98 Å². The minimum atomic E-state index is 0.305. The first kappa shape index (κ1) is 15.9. The van der Waals surface area contributed by atoms with Crippen LogP contribution >= 0.6 is 11.6 Å². The molecule has 24 heavy (non-hydrogen) atoms. The first-order valence-corrected chi connectivity index (χ1v) is 7.65. The third-order valence-electron chi connectivity index (χ3n) is 3.51. The Morgan fingerprint density at radius 1 is 1.08 bits per heavy atom. The summed E-state index contributed by atoms with van der Waals surface area (Å²) < 4.78 is 0. The molecule has 0 aliphatic heterocycles. The Morgan fingerprint density at radius 3 is 2.62 bits per heavy atom. The Labute approximate surface area is 144 Å². The number of halogens is 1. The van der Waals surface area contributed by atoms with Gasteiger partial charge in [-0.25, -0.2) is 4.98 Å². The summed E-state index contributed by atoms with van der Waals surface area (Å²) in [7, 11) is 0. The number of nitrogen functional groups attached to an aromatic ring is 1. The molecular weight excluding hydrogens is 322 g/mol. The molecule has 118 valence electrons.